The molecule has 0 bridgehead atoms. The zero-order valence-electron chi connectivity index (χ0n) is 10.6. The molecule has 1 aromatic rings. The van der Waals surface area contributed by atoms with Crippen LogP contribution in [0.25, 0.3) is 0 Å². The number of ether oxygens (including phenoxy) is 1. The lowest BCUT2D eigenvalue weighted by atomic mass is 9.75. The first-order valence-electron chi connectivity index (χ1n) is 5.92. The molecule has 1 aromatic carbocycles. The lowest BCUT2D eigenvalue weighted by Gasteiger charge is -2.36. The lowest BCUT2D eigenvalue weighted by Crippen LogP contribution is -2.33. The van der Waals surface area contributed by atoms with Crippen LogP contribution in [0, 0.1) is 11.3 Å². The highest BCUT2D eigenvalue weighted by Crippen LogP contribution is 2.38. The van der Waals surface area contributed by atoms with Crippen molar-refractivity contribution in [2.75, 3.05) is 19.0 Å². The van der Waals surface area contributed by atoms with Crippen molar-refractivity contribution < 1.29 is 4.74 Å². The first-order valence-corrected chi connectivity index (χ1v) is 5.92. The number of fused-ring (bicyclic) bond motifs is 1. The SMILES string of the molecule is COc1cccc2c1NCC(C(C)(C)C)C2. The van der Waals surface area contributed by atoms with Crippen molar-refractivity contribution in [3.05, 3.63) is 23.8 Å². The molecule has 0 saturated heterocycles. The number of rotatable bonds is 1. The third kappa shape index (κ3) is 2.01. The summed E-state index contributed by atoms with van der Waals surface area (Å²) in [5.41, 5.74) is 2.92. The molecule has 1 unspecified atom stereocenters. The second-order valence-electron chi connectivity index (χ2n) is 5.64. The average molecular weight is 219 g/mol. The molecule has 0 radical (unpaired) electrons. The molecule has 16 heavy (non-hydrogen) atoms. The van der Waals surface area contributed by atoms with Crippen LogP contribution in [0.15, 0.2) is 18.2 Å². The highest BCUT2D eigenvalue weighted by atomic mass is 16.5. The van der Waals surface area contributed by atoms with Gasteiger partial charge in [-0.2, -0.15) is 0 Å². The number of hydrogen-bond acceptors (Lipinski definition) is 2. The minimum atomic E-state index is 0.355. The van der Waals surface area contributed by atoms with Crippen molar-refractivity contribution in [3.8, 4) is 5.75 Å². The second-order valence-corrected chi connectivity index (χ2v) is 5.64. The fourth-order valence-corrected chi connectivity index (χ4v) is 2.29. The van der Waals surface area contributed by atoms with Crippen LogP contribution in [0.3, 0.4) is 0 Å². The maximum absolute atomic E-state index is 5.37. The van der Waals surface area contributed by atoms with Crippen LogP contribution in [-0.4, -0.2) is 13.7 Å². The summed E-state index contributed by atoms with van der Waals surface area (Å²) in [6, 6.07) is 6.29. The van der Waals surface area contributed by atoms with Gasteiger partial charge in [-0.05, 0) is 29.4 Å². The molecule has 2 rings (SSSR count). The zero-order valence-corrected chi connectivity index (χ0v) is 10.6. The van der Waals surface area contributed by atoms with Crippen molar-refractivity contribution in [3.63, 3.8) is 0 Å². The monoisotopic (exact) mass is 219 g/mol. The highest BCUT2D eigenvalue weighted by Gasteiger charge is 2.29. The molecule has 1 aliphatic heterocycles. The Hall–Kier alpha value is -1.18. The van der Waals surface area contributed by atoms with E-state index in [2.05, 4.69) is 38.2 Å². The minimum Gasteiger partial charge on any atom is -0.495 e. The van der Waals surface area contributed by atoms with E-state index in [1.54, 1.807) is 7.11 Å². The largest absolute Gasteiger partial charge is 0.495 e. The van der Waals surface area contributed by atoms with E-state index in [9.17, 15) is 0 Å². The number of methoxy groups -OCH3 is 1. The number of benzene rings is 1. The van der Waals surface area contributed by atoms with Gasteiger partial charge in [0.1, 0.15) is 5.75 Å². The molecular weight excluding hydrogens is 198 g/mol. The van der Waals surface area contributed by atoms with E-state index in [1.165, 1.54) is 11.3 Å². The molecule has 1 atom stereocenters. The van der Waals surface area contributed by atoms with Crippen LogP contribution in [-0.2, 0) is 6.42 Å². The van der Waals surface area contributed by atoms with E-state index in [-0.39, 0.29) is 0 Å². The Balaban J connectivity index is 2.28. The fraction of sp³-hybridized carbons (Fsp3) is 0.571. The summed E-state index contributed by atoms with van der Waals surface area (Å²) in [5, 5.41) is 3.51. The molecular formula is C14H21NO. The van der Waals surface area contributed by atoms with E-state index in [0.717, 1.165) is 18.7 Å². The van der Waals surface area contributed by atoms with Crippen molar-refractivity contribution >= 4 is 5.69 Å². The van der Waals surface area contributed by atoms with Crippen LogP contribution in [0.5, 0.6) is 5.75 Å². The summed E-state index contributed by atoms with van der Waals surface area (Å²) < 4.78 is 5.37. The first-order chi connectivity index (χ1) is 7.52. The van der Waals surface area contributed by atoms with E-state index >= 15 is 0 Å². The van der Waals surface area contributed by atoms with E-state index < -0.39 is 0 Å². The summed E-state index contributed by atoms with van der Waals surface area (Å²) in [6.45, 7) is 7.97. The normalized spacial score (nSPS) is 19.9. The molecule has 0 spiro atoms. The van der Waals surface area contributed by atoms with Gasteiger partial charge in [0.15, 0.2) is 0 Å². The predicted molar refractivity (Wildman–Crippen MR) is 68.1 cm³/mol. The Kier molecular flexibility index (Phi) is 2.83. The molecule has 0 aromatic heterocycles. The average Bonchev–Trinajstić information content (AvgIpc) is 2.26. The quantitative estimate of drug-likeness (QED) is 0.782. The maximum Gasteiger partial charge on any atom is 0.142 e. The van der Waals surface area contributed by atoms with E-state index in [4.69, 9.17) is 4.74 Å². The molecule has 0 aliphatic carbocycles. The van der Waals surface area contributed by atoms with Gasteiger partial charge in [-0.15, -0.1) is 0 Å². The molecule has 1 aliphatic rings. The number of nitrogens with one attached hydrogen (secondary N) is 1. The number of hydrogen-bond donors (Lipinski definition) is 1. The predicted octanol–water partition coefficient (Wildman–Crippen LogP) is 3.33. The Morgan fingerprint density at radius 1 is 1.31 bits per heavy atom. The Labute approximate surface area is 98.0 Å². The number of anilines is 1. The third-order valence-corrected chi connectivity index (χ3v) is 3.55. The van der Waals surface area contributed by atoms with Gasteiger partial charge >= 0.3 is 0 Å². The van der Waals surface area contributed by atoms with Gasteiger partial charge in [0.25, 0.3) is 0 Å². The van der Waals surface area contributed by atoms with Crippen molar-refractivity contribution in [1.29, 1.82) is 0 Å². The van der Waals surface area contributed by atoms with Crippen molar-refractivity contribution in [1.82, 2.24) is 0 Å². The Bertz CT molecular complexity index is 379. The van der Waals surface area contributed by atoms with Crippen LogP contribution in [0.1, 0.15) is 26.3 Å². The molecule has 88 valence electrons. The van der Waals surface area contributed by atoms with Crippen LogP contribution < -0.4 is 10.1 Å². The van der Waals surface area contributed by atoms with Crippen LogP contribution in [0.4, 0.5) is 5.69 Å². The molecule has 1 N–H and O–H groups in total. The number of para-hydroxylation sites is 1. The third-order valence-electron chi connectivity index (χ3n) is 3.55. The first kappa shape index (κ1) is 11.3. The molecule has 0 fully saturated rings. The zero-order chi connectivity index (χ0) is 11.8. The van der Waals surface area contributed by atoms with Gasteiger partial charge in [-0.25, -0.2) is 0 Å². The highest BCUT2D eigenvalue weighted by molar-refractivity contribution is 5.63. The topological polar surface area (TPSA) is 21.3 Å². The Morgan fingerprint density at radius 2 is 2.06 bits per heavy atom. The van der Waals surface area contributed by atoms with Gasteiger partial charge in [-0.3, -0.25) is 0 Å². The summed E-state index contributed by atoms with van der Waals surface area (Å²) >= 11 is 0. The van der Waals surface area contributed by atoms with Gasteiger partial charge < -0.3 is 10.1 Å². The molecule has 2 heteroatoms. The van der Waals surface area contributed by atoms with Crippen LogP contribution in [0.2, 0.25) is 0 Å². The maximum atomic E-state index is 5.37. The fourth-order valence-electron chi connectivity index (χ4n) is 2.29. The van der Waals surface area contributed by atoms with Gasteiger partial charge in [0.2, 0.25) is 0 Å². The lowest BCUT2D eigenvalue weighted by molar-refractivity contribution is 0.246. The summed E-state index contributed by atoms with van der Waals surface area (Å²) in [5.74, 6) is 1.65. The summed E-state index contributed by atoms with van der Waals surface area (Å²) in [7, 11) is 1.73. The van der Waals surface area contributed by atoms with E-state index in [0.29, 0.717) is 11.3 Å². The van der Waals surface area contributed by atoms with Gasteiger partial charge in [0.05, 0.1) is 12.8 Å². The van der Waals surface area contributed by atoms with Crippen LogP contribution >= 0.6 is 0 Å². The Morgan fingerprint density at radius 3 is 2.69 bits per heavy atom. The van der Waals surface area contributed by atoms with Gasteiger partial charge in [-0.1, -0.05) is 32.9 Å². The van der Waals surface area contributed by atoms with Crippen molar-refractivity contribution in [2.24, 2.45) is 11.3 Å². The molecule has 0 saturated carbocycles. The van der Waals surface area contributed by atoms with Crippen molar-refractivity contribution in [2.45, 2.75) is 27.2 Å². The minimum absolute atomic E-state index is 0.355. The second kappa shape index (κ2) is 4.00. The standard InChI is InChI=1S/C14H21NO/c1-14(2,3)11-8-10-6-5-7-12(16-4)13(10)15-9-11/h5-7,11,15H,8-9H2,1-4H3. The summed E-state index contributed by atoms with van der Waals surface area (Å²) in [6.07, 6.45) is 1.14. The molecule has 0 amide bonds. The molecule has 2 nitrogen and oxygen atoms in total. The molecule has 1 heterocycles. The van der Waals surface area contributed by atoms with Gasteiger partial charge in [0, 0.05) is 6.54 Å². The smallest absolute Gasteiger partial charge is 0.142 e. The van der Waals surface area contributed by atoms with E-state index in [1.807, 2.05) is 6.07 Å². The summed E-state index contributed by atoms with van der Waals surface area (Å²) in [4.78, 5) is 0.